The van der Waals surface area contributed by atoms with Crippen molar-refractivity contribution in [2.75, 3.05) is 11.9 Å². The average molecular weight is 512 g/mol. The summed E-state index contributed by atoms with van der Waals surface area (Å²) in [5.41, 5.74) is 1.80. The number of carbonyl (C=O) groups is 3. The van der Waals surface area contributed by atoms with Crippen molar-refractivity contribution in [3.05, 3.63) is 47.2 Å². The van der Waals surface area contributed by atoms with Gasteiger partial charge in [-0.2, -0.15) is 5.10 Å². The number of ether oxygens (including phenoxy) is 1. The Bertz CT molecular complexity index is 1150. The lowest BCUT2D eigenvalue weighted by atomic mass is 9.83. The molecule has 9 nitrogen and oxygen atoms in total. The molecule has 3 amide bonds. The van der Waals surface area contributed by atoms with Gasteiger partial charge in [-0.3, -0.25) is 14.7 Å². The van der Waals surface area contributed by atoms with Gasteiger partial charge in [-0.05, 0) is 32.3 Å². The zero-order chi connectivity index (χ0) is 26.3. The summed E-state index contributed by atoms with van der Waals surface area (Å²) in [6.45, 7) is 12.3. The summed E-state index contributed by atoms with van der Waals surface area (Å²) in [7, 11) is -1.73. The van der Waals surface area contributed by atoms with E-state index in [1.54, 1.807) is 4.90 Å². The van der Waals surface area contributed by atoms with E-state index in [0.29, 0.717) is 12.4 Å². The molecule has 1 fully saturated rings. The normalized spacial score (nSPS) is 18.6. The second-order valence-corrected chi connectivity index (χ2v) is 16.9. The fraction of sp³-hybridized carbons (Fsp3) is 0.538. The van der Waals surface area contributed by atoms with Gasteiger partial charge in [0.25, 0.3) is 0 Å². The molecule has 10 heteroatoms. The maximum absolute atomic E-state index is 13.5. The number of aromatic amines is 1. The Balaban J connectivity index is 1.52. The molecule has 0 unspecified atom stereocenters. The van der Waals surface area contributed by atoms with E-state index in [0.717, 1.165) is 36.1 Å². The van der Waals surface area contributed by atoms with Crippen LogP contribution < -0.4 is 10.6 Å². The molecular formula is C26H37N5O4Si. The van der Waals surface area contributed by atoms with E-state index >= 15 is 0 Å². The first kappa shape index (κ1) is 25.9. The van der Waals surface area contributed by atoms with Crippen LogP contribution >= 0.6 is 0 Å². The molecule has 4 rings (SSSR count). The number of hydrogen-bond acceptors (Lipinski definition) is 5. The number of hydrogen-bond donors (Lipinski definition) is 3. The van der Waals surface area contributed by atoms with Crippen LogP contribution in [0, 0.1) is 0 Å². The minimum Gasteiger partial charge on any atom is -0.463 e. The van der Waals surface area contributed by atoms with Gasteiger partial charge >= 0.3 is 12.0 Å². The van der Waals surface area contributed by atoms with E-state index in [1.165, 1.54) is 6.92 Å². The highest BCUT2D eigenvalue weighted by Gasteiger charge is 2.54. The van der Waals surface area contributed by atoms with Crippen molar-refractivity contribution in [2.24, 2.45) is 0 Å². The Morgan fingerprint density at radius 2 is 1.83 bits per heavy atom. The molecule has 2 aliphatic rings. The predicted octanol–water partition coefficient (Wildman–Crippen LogP) is 4.68. The molecule has 194 valence electrons. The number of aromatic nitrogens is 2. The van der Waals surface area contributed by atoms with Crippen molar-refractivity contribution >= 4 is 31.8 Å². The third-order valence-corrected chi connectivity index (χ3v) is 11.6. The minimum atomic E-state index is -1.73. The van der Waals surface area contributed by atoms with Gasteiger partial charge < -0.3 is 20.3 Å². The summed E-state index contributed by atoms with van der Waals surface area (Å²) >= 11 is 0. The number of H-pyrrole nitrogens is 1. The molecule has 0 saturated heterocycles. The summed E-state index contributed by atoms with van der Waals surface area (Å²) in [6, 6.07) is 8.64. The number of rotatable bonds is 7. The monoisotopic (exact) mass is 511 g/mol. The van der Waals surface area contributed by atoms with Crippen molar-refractivity contribution in [2.45, 2.75) is 82.8 Å². The smallest absolute Gasteiger partial charge is 0.319 e. The number of nitrogens with zero attached hydrogens (tertiary/aromatic N) is 2. The van der Waals surface area contributed by atoms with E-state index < -0.39 is 25.6 Å². The average Bonchev–Trinajstić information content (AvgIpc) is 3.27. The quantitative estimate of drug-likeness (QED) is 0.369. The number of anilines is 1. The van der Waals surface area contributed by atoms with Crippen LogP contribution in [-0.2, 0) is 26.4 Å². The van der Waals surface area contributed by atoms with Crippen LogP contribution in [0.4, 0.5) is 10.6 Å². The highest BCUT2D eigenvalue weighted by Crippen LogP contribution is 2.56. The molecule has 2 heterocycles. The standard InChI is InChI=1S/C26H37N5O4Si/c1-17(32)35-16-20(18-11-8-7-9-12-18)27-24(34)31-15-19-21(25(31,2)3)29-30-22(19)28-23(33)26(13-10-14-26)36(4,5)6/h7-9,11-12,20H,10,13-16H2,1-6H3,(H,27,34)(H2,28,29,30,33)/t20-/m1/s1. The van der Waals surface area contributed by atoms with Gasteiger partial charge in [-0.25, -0.2) is 4.79 Å². The van der Waals surface area contributed by atoms with Crippen LogP contribution in [0.3, 0.4) is 0 Å². The number of benzene rings is 1. The molecule has 3 N–H and O–H groups in total. The number of esters is 1. The number of nitrogens with one attached hydrogen (secondary N) is 3. The first-order valence-corrected chi connectivity index (χ1v) is 16.0. The molecule has 0 radical (unpaired) electrons. The van der Waals surface area contributed by atoms with Gasteiger partial charge in [0, 0.05) is 17.5 Å². The van der Waals surface area contributed by atoms with Crippen LogP contribution in [-0.4, -0.2) is 47.7 Å². The highest BCUT2D eigenvalue weighted by molar-refractivity contribution is 6.83. The summed E-state index contributed by atoms with van der Waals surface area (Å²) in [5.74, 6) is 0.145. The Morgan fingerprint density at radius 3 is 2.39 bits per heavy atom. The molecular weight excluding hydrogens is 474 g/mol. The van der Waals surface area contributed by atoms with Gasteiger partial charge in [0.1, 0.15) is 6.61 Å². The molecule has 0 spiro atoms. The lowest BCUT2D eigenvalue weighted by Crippen LogP contribution is -2.52. The lowest BCUT2D eigenvalue weighted by molar-refractivity contribution is -0.141. The van der Waals surface area contributed by atoms with Crippen molar-refractivity contribution in [1.29, 1.82) is 0 Å². The zero-order valence-electron chi connectivity index (χ0n) is 22.0. The minimum absolute atomic E-state index is 0.0340. The Labute approximate surface area is 213 Å². The van der Waals surface area contributed by atoms with Crippen LogP contribution in [0.1, 0.15) is 62.9 Å². The van der Waals surface area contributed by atoms with Gasteiger partial charge in [0.15, 0.2) is 5.82 Å². The van der Waals surface area contributed by atoms with E-state index in [2.05, 4.69) is 40.5 Å². The second kappa shape index (κ2) is 9.38. The summed E-state index contributed by atoms with van der Waals surface area (Å²) < 4.78 is 5.23. The fourth-order valence-electron chi connectivity index (χ4n) is 5.35. The van der Waals surface area contributed by atoms with Gasteiger partial charge in [0.05, 0.1) is 31.9 Å². The van der Waals surface area contributed by atoms with Gasteiger partial charge in [-0.15, -0.1) is 0 Å². The van der Waals surface area contributed by atoms with Crippen molar-refractivity contribution in [3.63, 3.8) is 0 Å². The first-order valence-electron chi connectivity index (χ1n) is 12.5. The Hall–Kier alpha value is -3.14. The molecule has 1 aromatic heterocycles. The maximum Gasteiger partial charge on any atom is 0.319 e. The fourth-order valence-corrected chi connectivity index (χ4v) is 7.95. The van der Waals surface area contributed by atoms with E-state index in [1.807, 2.05) is 44.2 Å². The molecule has 1 aromatic carbocycles. The first-order chi connectivity index (χ1) is 16.9. The third-order valence-electron chi connectivity index (χ3n) is 7.98. The van der Waals surface area contributed by atoms with Crippen LogP contribution in [0.15, 0.2) is 30.3 Å². The molecule has 1 saturated carbocycles. The molecule has 1 aliphatic carbocycles. The molecule has 1 aliphatic heterocycles. The van der Waals surface area contributed by atoms with Crippen LogP contribution in [0.2, 0.25) is 24.7 Å². The number of urea groups is 1. The highest BCUT2D eigenvalue weighted by atomic mass is 28.3. The SMILES string of the molecule is CC(=O)OC[C@@H](NC(=O)N1Cc2c(NC(=O)C3([Si](C)(C)C)CCC3)n[nH]c2C1(C)C)c1ccccc1. The van der Waals surface area contributed by atoms with Crippen molar-refractivity contribution in [1.82, 2.24) is 20.4 Å². The summed E-state index contributed by atoms with van der Waals surface area (Å²) in [4.78, 5) is 40.0. The van der Waals surface area contributed by atoms with Gasteiger partial charge in [0.2, 0.25) is 5.91 Å². The van der Waals surface area contributed by atoms with Crippen LogP contribution in [0.5, 0.6) is 0 Å². The predicted molar refractivity (Wildman–Crippen MR) is 140 cm³/mol. The Kier molecular flexibility index (Phi) is 6.76. The topological polar surface area (TPSA) is 116 Å². The third kappa shape index (κ3) is 4.54. The van der Waals surface area contributed by atoms with Crippen molar-refractivity contribution in [3.8, 4) is 0 Å². The summed E-state index contributed by atoms with van der Waals surface area (Å²) in [5, 5.41) is 13.4. The van der Waals surface area contributed by atoms with Crippen LogP contribution in [0.25, 0.3) is 0 Å². The molecule has 36 heavy (non-hydrogen) atoms. The second-order valence-electron chi connectivity index (χ2n) is 11.4. The molecule has 2 aromatic rings. The number of amides is 3. The van der Waals surface area contributed by atoms with E-state index in [4.69, 9.17) is 4.74 Å². The summed E-state index contributed by atoms with van der Waals surface area (Å²) in [6.07, 6.45) is 2.92. The van der Waals surface area contributed by atoms with E-state index in [9.17, 15) is 14.4 Å². The number of carbonyl (C=O) groups excluding carboxylic acids is 3. The maximum atomic E-state index is 13.5. The van der Waals surface area contributed by atoms with Crippen molar-refractivity contribution < 1.29 is 19.1 Å². The largest absolute Gasteiger partial charge is 0.463 e. The van der Waals surface area contributed by atoms with E-state index in [-0.39, 0.29) is 23.6 Å². The number of fused-ring (bicyclic) bond motifs is 1. The molecule has 0 bridgehead atoms. The molecule has 1 atom stereocenters. The van der Waals surface area contributed by atoms with Gasteiger partial charge in [-0.1, -0.05) is 56.4 Å². The lowest BCUT2D eigenvalue weighted by Gasteiger charge is -2.48. The zero-order valence-corrected chi connectivity index (χ0v) is 23.0. The Morgan fingerprint density at radius 1 is 1.17 bits per heavy atom.